The molecule has 0 aliphatic heterocycles. The normalized spacial score (nSPS) is 11.4. The topological polar surface area (TPSA) is 75.1 Å². The lowest BCUT2D eigenvalue weighted by Gasteiger charge is -2.09. The van der Waals surface area contributed by atoms with Crippen molar-refractivity contribution in [2.24, 2.45) is 5.10 Å². The van der Waals surface area contributed by atoms with E-state index in [1.54, 1.807) is 17.0 Å². The minimum atomic E-state index is -0.263. The molecule has 2 heterocycles. The van der Waals surface area contributed by atoms with Gasteiger partial charge < -0.3 is 9.13 Å². The summed E-state index contributed by atoms with van der Waals surface area (Å²) in [5.41, 5.74) is 7.30. The van der Waals surface area contributed by atoms with Crippen molar-refractivity contribution in [3.05, 3.63) is 120 Å². The van der Waals surface area contributed by atoms with Gasteiger partial charge in [0.1, 0.15) is 12.6 Å². The first-order valence-electron chi connectivity index (χ1n) is 12.1. The van der Waals surface area contributed by atoms with E-state index in [1.807, 2.05) is 36.4 Å². The highest BCUT2D eigenvalue weighted by Crippen LogP contribution is 2.25. The minimum absolute atomic E-state index is 0.0718. The fourth-order valence-corrected chi connectivity index (χ4v) is 4.95. The van der Waals surface area contributed by atoms with Gasteiger partial charge in [-0.1, -0.05) is 78.9 Å². The molecule has 1 amide bonds. The van der Waals surface area contributed by atoms with Crippen LogP contribution in [-0.2, 0) is 17.9 Å². The number of fused-ring (bicyclic) bond motifs is 3. The van der Waals surface area contributed by atoms with Gasteiger partial charge in [0.25, 0.3) is 5.91 Å². The molecule has 0 aliphatic carbocycles. The lowest BCUT2D eigenvalue weighted by atomic mass is 10.0. The lowest BCUT2D eigenvalue weighted by molar-refractivity contribution is -0.121. The van der Waals surface area contributed by atoms with E-state index >= 15 is 0 Å². The molecule has 0 saturated carbocycles. The third-order valence-electron chi connectivity index (χ3n) is 6.66. The van der Waals surface area contributed by atoms with Crippen LogP contribution in [0, 0.1) is 11.3 Å². The summed E-state index contributed by atoms with van der Waals surface area (Å²) in [6, 6.07) is 32.7. The van der Waals surface area contributed by atoms with E-state index < -0.39 is 0 Å². The van der Waals surface area contributed by atoms with Crippen LogP contribution in [0.25, 0.3) is 32.6 Å². The molecule has 0 aliphatic rings. The first-order valence-corrected chi connectivity index (χ1v) is 12.1. The largest absolute Gasteiger partial charge is 0.342 e. The maximum Gasteiger partial charge on any atom is 0.259 e. The van der Waals surface area contributed by atoms with Crippen LogP contribution < -0.4 is 5.43 Å². The van der Waals surface area contributed by atoms with Crippen LogP contribution >= 0.6 is 0 Å². The second kappa shape index (κ2) is 9.48. The van der Waals surface area contributed by atoms with E-state index in [9.17, 15) is 10.1 Å². The summed E-state index contributed by atoms with van der Waals surface area (Å²) >= 11 is 0. The molecule has 6 aromatic rings. The smallest absolute Gasteiger partial charge is 0.259 e. The number of hydrogen-bond donors (Lipinski definition) is 1. The maximum absolute atomic E-state index is 12.6. The number of aromatic nitrogens is 2. The number of para-hydroxylation sites is 2. The summed E-state index contributed by atoms with van der Waals surface area (Å²) in [5.74, 6) is -0.263. The molecular weight excluding hydrogens is 458 g/mol. The van der Waals surface area contributed by atoms with Crippen LogP contribution in [-0.4, -0.2) is 21.3 Å². The van der Waals surface area contributed by atoms with Crippen LogP contribution in [0.5, 0.6) is 0 Å². The highest BCUT2D eigenvalue weighted by atomic mass is 16.2. The van der Waals surface area contributed by atoms with Crippen LogP contribution in [0.1, 0.15) is 16.7 Å². The van der Waals surface area contributed by atoms with Crippen molar-refractivity contribution in [1.29, 1.82) is 5.26 Å². The van der Waals surface area contributed by atoms with Gasteiger partial charge >= 0.3 is 0 Å². The Morgan fingerprint density at radius 3 is 2.30 bits per heavy atom. The third kappa shape index (κ3) is 4.24. The number of carbonyl (C=O) groups excluding carboxylic acids is 1. The van der Waals surface area contributed by atoms with E-state index in [1.165, 1.54) is 16.3 Å². The zero-order valence-electron chi connectivity index (χ0n) is 20.0. The molecular formula is C31H23N5O. The monoisotopic (exact) mass is 481 g/mol. The van der Waals surface area contributed by atoms with Crippen molar-refractivity contribution in [1.82, 2.24) is 14.6 Å². The predicted molar refractivity (Wildman–Crippen MR) is 147 cm³/mol. The highest BCUT2D eigenvalue weighted by Gasteiger charge is 2.11. The Hall–Kier alpha value is -5.15. The molecule has 0 atom stereocenters. The molecule has 2 aromatic heterocycles. The summed E-state index contributed by atoms with van der Waals surface area (Å²) in [7, 11) is 0. The minimum Gasteiger partial charge on any atom is -0.342 e. The van der Waals surface area contributed by atoms with E-state index in [0.29, 0.717) is 5.56 Å². The van der Waals surface area contributed by atoms with Gasteiger partial charge in [-0.25, -0.2) is 5.43 Å². The number of nitriles is 1. The molecule has 178 valence electrons. The first kappa shape index (κ1) is 22.3. The molecule has 0 fully saturated rings. The average molecular weight is 482 g/mol. The Balaban J connectivity index is 1.23. The number of rotatable bonds is 6. The van der Waals surface area contributed by atoms with Crippen molar-refractivity contribution in [2.75, 3.05) is 0 Å². The number of nitrogens with zero attached hydrogens (tertiary/aromatic N) is 4. The van der Waals surface area contributed by atoms with Gasteiger partial charge in [-0.05, 0) is 28.5 Å². The van der Waals surface area contributed by atoms with Gasteiger partial charge in [-0.2, -0.15) is 10.4 Å². The van der Waals surface area contributed by atoms with Crippen molar-refractivity contribution in [3.8, 4) is 6.07 Å². The fourth-order valence-electron chi connectivity index (χ4n) is 4.95. The third-order valence-corrected chi connectivity index (χ3v) is 6.66. The number of carbonyl (C=O) groups is 1. The Morgan fingerprint density at radius 1 is 0.811 bits per heavy atom. The number of amides is 1. The van der Waals surface area contributed by atoms with Crippen LogP contribution in [0.2, 0.25) is 0 Å². The van der Waals surface area contributed by atoms with E-state index in [2.05, 4.69) is 82.0 Å². The van der Waals surface area contributed by atoms with E-state index in [0.717, 1.165) is 33.9 Å². The quantitative estimate of drug-likeness (QED) is 0.240. The van der Waals surface area contributed by atoms with Crippen LogP contribution in [0.15, 0.2) is 108 Å². The van der Waals surface area contributed by atoms with Gasteiger partial charge in [0.05, 0.1) is 11.8 Å². The Bertz CT molecular complexity index is 1850. The second-order valence-corrected chi connectivity index (χ2v) is 8.96. The van der Waals surface area contributed by atoms with Gasteiger partial charge in [0.15, 0.2) is 0 Å². The molecule has 6 nitrogen and oxygen atoms in total. The molecule has 0 saturated heterocycles. The number of nitrogens with one attached hydrogen (secondary N) is 1. The summed E-state index contributed by atoms with van der Waals surface area (Å²) in [6.07, 6.45) is 5.46. The maximum atomic E-state index is 12.6. The summed E-state index contributed by atoms with van der Waals surface area (Å²) in [4.78, 5) is 12.6. The molecule has 0 spiro atoms. The standard InChI is InChI=1S/C31H23N5O/c32-16-24-19-36(29-14-5-3-12-27(24)29)21-31(37)34-33-17-25-20-35(30-15-6-4-13-28(25)30)18-23-10-7-9-22-8-1-2-11-26(22)23/h1-15,17,19-20H,18,21H2,(H,34,37)/b33-17-. The zero-order valence-corrected chi connectivity index (χ0v) is 20.0. The van der Waals surface area contributed by atoms with Crippen molar-refractivity contribution in [3.63, 3.8) is 0 Å². The molecule has 0 unspecified atom stereocenters. The summed E-state index contributed by atoms with van der Waals surface area (Å²) in [5, 5.41) is 18.0. The lowest BCUT2D eigenvalue weighted by Crippen LogP contribution is -2.22. The number of benzene rings is 4. The molecule has 0 bridgehead atoms. The fraction of sp³-hybridized carbons (Fsp3) is 0.0645. The van der Waals surface area contributed by atoms with Gasteiger partial charge in [0.2, 0.25) is 0 Å². The van der Waals surface area contributed by atoms with Crippen LogP contribution in [0.3, 0.4) is 0 Å². The van der Waals surface area contributed by atoms with Crippen LogP contribution in [0.4, 0.5) is 0 Å². The Labute approximate surface area is 213 Å². The van der Waals surface area contributed by atoms with Gasteiger partial charge in [-0.3, -0.25) is 4.79 Å². The average Bonchev–Trinajstić information content (AvgIpc) is 3.47. The van der Waals surface area contributed by atoms with Crippen molar-refractivity contribution >= 4 is 44.7 Å². The van der Waals surface area contributed by atoms with Crippen molar-refractivity contribution in [2.45, 2.75) is 13.1 Å². The summed E-state index contributed by atoms with van der Waals surface area (Å²) < 4.78 is 3.99. The Morgan fingerprint density at radius 2 is 1.49 bits per heavy atom. The number of hydrogen-bond acceptors (Lipinski definition) is 3. The molecule has 0 radical (unpaired) electrons. The molecule has 6 rings (SSSR count). The van der Waals surface area contributed by atoms with Crippen molar-refractivity contribution < 1.29 is 4.79 Å². The Kier molecular flexibility index (Phi) is 5.72. The molecule has 37 heavy (non-hydrogen) atoms. The molecule has 4 aromatic carbocycles. The predicted octanol–water partition coefficient (Wildman–Crippen LogP) is 5.82. The van der Waals surface area contributed by atoms with Gasteiger partial charge in [0, 0.05) is 46.3 Å². The van der Waals surface area contributed by atoms with E-state index in [4.69, 9.17) is 0 Å². The molecule has 6 heteroatoms. The molecule has 1 N–H and O–H groups in total. The highest BCUT2D eigenvalue weighted by molar-refractivity contribution is 6.00. The zero-order chi connectivity index (χ0) is 25.2. The number of hydrazone groups is 1. The SMILES string of the molecule is N#Cc1cn(CC(=O)N/N=C\c2cn(Cc3cccc4ccccc34)c3ccccc23)c2ccccc12. The van der Waals surface area contributed by atoms with E-state index in [-0.39, 0.29) is 12.5 Å². The first-order chi connectivity index (χ1) is 18.2. The summed E-state index contributed by atoms with van der Waals surface area (Å²) in [6.45, 7) is 0.798. The van der Waals surface area contributed by atoms with Gasteiger partial charge in [-0.15, -0.1) is 0 Å². The second-order valence-electron chi connectivity index (χ2n) is 8.96.